The number of hydrogen-bond donors (Lipinski definition) is 1. The number of halogens is 1. The molecule has 0 fully saturated rings. The van der Waals surface area contributed by atoms with Crippen molar-refractivity contribution in [3.05, 3.63) is 41.2 Å². The predicted octanol–water partition coefficient (Wildman–Crippen LogP) is 2.59. The summed E-state index contributed by atoms with van der Waals surface area (Å²) in [7, 11) is 0. The Labute approximate surface area is 85.3 Å². The molecule has 0 spiro atoms. The van der Waals surface area contributed by atoms with Gasteiger partial charge in [0.1, 0.15) is 0 Å². The number of nitrogens with zero attached hydrogens (tertiary/aromatic N) is 2. The van der Waals surface area contributed by atoms with E-state index in [9.17, 15) is 4.79 Å². The lowest BCUT2D eigenvalue weighted by Gasteiger charge is -2.04. The van der Waals surface area contributed by atoms with E-state index < -0.39 is 0 Å². The van der Waals surface area contributed by atoms with Gasteiger partial charge in [0.2, 0.25) is 0 Å². The van der Waals surface area contributed by atoms with Crippen molar-refractivity contribution in [2.45, 2.75) is 0 Å². The summed E-state index contributed by atoms with van der Waals surface area (Å²) in [5.41, 5.74) is 0.703. The number of hydrogen-bond acceptors (Lipinski definition) is 3. The minimum atomic E-state index is -0.362. The summed E-state index contributed by atoms with van der Waals surface area (Å²) >= 11 is 5.89. The lowest BCUT2D eigenvalue weighted by Crippen LogP contribution is -1.95. The number of azo groups is 1. The van der Waals surface area contributed by atoms with Crippen LogP contribution in [-0.2, 0) is 4.79 Å². The van der Waals surface area contributed by atoms with Gasteiger partial charge >= 0.3 is 0 Å². The van der Waals surface area contributed by atoms with Crippen LogP contribution in [0.4, 0.5) is 5.69 Å². The average molecular weight is 208 g/mol. The summed E-state index contributed by atoms with van der Waals surface area (Å²) in [4.78, 5) is 10.7. The molecule has 1 heterocycles. The highest BCUT2D eigenvalue weighted by Gasteiger charge is 2.08. The Hall–Kier alpha value is -1.68. The zero-order valence-electron chi connectivity index (χ0n) is 7.07. The molecule has 1 aromatic carbocycles. The van der Waals surface area contributed by atoms with E-state index in [4.69, 9.17) is 11.6 Å². The highest BCUT2D eigenvalue weighted by Crippen LogP contribution is 2.23. The van der Waals surface area contributed by atoms with E-state index in [-0.39, 0.29) is 5.91 Å². The zero-order chi connectivity index (χ0) is 9.97. The van der Waals surface area contributed by atoms with Gasteiger partial charge in [0.05, 0.1) is 16.8 Å². The van der Waals surface area contributed by atoms with Gasteiger partial charge in [0.15, 0.2) is 5.82 Å². The van der Waals surface area contributed by atoms with E-state index >= 15 is 0 Å². The van der Waals surface area contributed by atoms with Crippen LogP contribution in [0.15, 0.2) is 46.4 Å². The molecular weight excluding hydrogens is 202 g/mol. The fourth-order valence-electron chi connectivity index (χ4n) is 1.04. The molecule has 70 valence electrons. The molecule has 4 nitrogen and oxygen atoms in total. The van der Waals surface area contributed by atoms with E-state index in [2.05, 4.69) is 15.5 Å². The lowest BCUT2D eigenvalue weighted by molar-refractivity contribution is -0.113. The van der Waals surface area contributed by atoms with Gasteiger partial charge in [-0.2, -0.15) is 0 Å². The molecule has 14 heavy (non-hydrogen) atoms. The summed E-state index contributed by atoms with van der Waals surface area (Å²) in [5.74, 6) is 0.0441. The highest BCUT2D eigenvalue weighted by atomic mass is 35.5. The van der Waals surface area contributed by atoms with E-state index in [1.54, 1.807) is 12.1 Å². The van der Waals surface area contributed by atoms with Crippen LogP contribution in [0.25, 0.3) is 0 Å². The highest BCUT2D eigenvalue weighted by molar-refractivity contribution is 6.33. The van der Waals surface area contributed by atoms with Gasteiger partial charge in [-0.05, 0) is 12.1 Å². The minimum Gasteiger partial charge on any atom is -0.337 e. The summed E-state index contributed by atoms with van der Waals surface area (Å²) < 4.78 is 0. The van der Waals surface area contributed by atoms with Crippen LogP contribution in [0.2, 0.25) is 5.02 Å². The minimum absolute atomic E-state index is 0.362. The van der Waals surface area contributed by atoms with E-state index in [1.165, 1.54) is 6.08 Å². The van der Waals surface area contributed by atoms with Gasteiger partial charge in [-0.15, -0.1) is 10.2 Å². The third-order valence-electron chi connectivity index (χ3n) is 1.65. The predicted molar refractivity (Wildman–Crippen MR) is 53.0 cm³/mol. The quantitative estimate of drug-likeness (QED) is 0.811. The molecule has 0 atom stereocenters. The van der Waals surface area contributed by atoms with Crippen molar-refractivity contribution in [2.75, 3.05) is 5.32 Å². The van der Waals surface area contributed by atoms with Crippen LogP contribution in [0.5, 0.6) is 0 Å². The molecular formula is C9H6ClN3O. The first kappa shape index (κ1) is 8.90. The molecule has 1 aliphatic heterocycles. The van der Waals surface area contributed by atoms with E-state index in [0.29, 0.717) is 16.5 Å². The second kappa shape index (κ2) is 3.59. The molecule has 1 aromatic rings. The first-order valence-corrected chi connectivity index (χ1v) is 4.32. The maximum atomic E-state index is 10.7. The average Bonchev–Trinajstić information content (AvgIpc) is 2.56. The maximum absolute atomic E-state index is 10.7. The number of carbonyl (C=O) groups is 1. The molecule has 0 saturated heterocycles. The Balaban J connectivity index is 2.20. The molecule has 2 rings (SSSR count). The first-order chi connectivity index (χ1) is 6.75. The van der Waals surface area contributed by atoms with Gasteiger partial charge in [-0.3, -0.25) is 4.79 Å². The number of amides is 1. The molecule has 0 radical (unpaired) electrons. The molecule has 1 aliphatic rings. The SMILES string of the molecule is O=C1C=C(Nc2ccccc2Cl)N=N1. The Bertz CT molecular complexity index is 439. The molecule has 0 aliphatic carbocycles. The van der Waals surface area contributed by atoms with Crippen molar-refractivity contribution in [3.63, 3.8) is 0 Å². The first-order valence-electron chi connectivity index (χ1n) is 3.95. The van der Waals surface area contributed by atoms with Gasteiger partial charge in [0.25, 0.3) is 5.91 Å². The number of para-hydroxylation sites is 1. The fourth-order valence-corrected chi connectivity index (χ4v) is 1.22. The van der Waals surface area contributed by atoms with Gasteiger partial charge in [-0.25, -0.2) is 0 Å². The van der Waals surface area contributed by atoms with Crippen LogP contribution in [0.1, 0.15) is 0 Å². The van der Waals surface area contributed by atoms with Crippen LogP contribution in [0, 0.1) is 0 Å². The summed E-state index contributed by atoms with van der Waals surface area (Å²) in [5, 5.41) is 10.4. The van der Waals surface area contributed by atoms with Crippen molar-refractivity contribution >= 4 is 23.2 Å². The van der Waals surface area contributed by atoms with Crippen molar-refractivity contribution in [1.29, 1.82) is 0 Å². The normalized spacial score (nSPS) is 14.4. The summed E-state index contributed by atoms with van der Waals surface area (Å²) in [6, 6.07) is 7.20. The molecule has 1 N–H and O–H groups in total. The molecule has 0 aromatic heterocycles. The van der Waals surface area contributed by atoms with Gasteiger partial charge in [0, 0.05) is 0 Å². The zero-order valence-corrected chi connectivity index (χ0v) is 7.82. The van der Waals surface area contributed by atoms with Crippen LogP contribution >= 0.6 is 11.6 Å². The van der Waals surface area contributed by atoms with Crippen molar-refractivity contribution in [1.82, 2.24) is 0 Å². The summed E-state index contributed by atoms with van der Waals surface area (Å²) in [6.45, 7) is 0. The molecule has 0 unspecified atom stereocenters. The monoisotopic (exact) mass is 207 g/mol. The van der Waals surface area contributed by atoms with Crippen LogP contribution < -0.4 is 5.32 Å². The molecule has 0 bridgehead atoms. The molecule has 0 saturated carbocycles. The van der Waals surface area contributed by atoms with Gasteiger partial charge in [-0.1, -0.05) is 23.7 Å². The number of rotatable bonds is 2. The lowest BCUT2D eigenvalue weighted by atomic mass is 10.3. The van der Waals surface area contributed by atoms with Crippen molar-refractivity contribution in [3.8, 4) is 0 Å². The van der Waals surface area contributed by atoms with Crippen LogP contribution in [0.3, 0.4) is 0 Å². The van der Waals surface area contributed by atoms with Gasteiger partial charge < -0.3 is 5.32 Å². The fraction of sp³-hybridized carbons (Fsp3) is 0. The number of anilines is 1. The van der Waals surface area contributed by atoms with E-state index in [1.807, 2.05) is 12.1 Å². The standard InChI is InChI=1S/C9H6ClN3O/c10-6-3-1-2-4-7(6)11-8-5-9(14)13-12-8/h1-5,11H. The number of carbonyl (C=O) groups excluding carboxylic acids is 1. The maximum Gasteiger partial charge on any atom is 0.292 e. The third kappa shape index (κ3) is 1.80. The molecule has 1 amide bonds. The Kier molecular flexibility index (Phi) is 2.28. The van der Waals surface area contributed by atoms with Crippen LogP contribution in [-0.4, -0.2) is 5.91 Å². The molecule has 5 heteroatoms. The second-order valence-electron chi connectivity index (χ2n) is 2.67. The number of benzene rings is 1. The van der Waals surface area contributed by atoms with E-state index in [0.717, 1.165) is 0 Å². The Morgan fingerprint density at radius 3 is 2.64 bits per heavy atom. The van der Waals surface area contributed by atoms with Crippen molar-refractivity contribution < 1.29 is 4.79 Å². The number of nitrogens with one attached hydrogen (secondary N) is 1. The summed E-state index contributed by atoms with van der Waals surface area (Å²) in [6.07, 6.45) is 1.31. The second-order valence-corrected chi connectivity index (χ2v) is 3.08. The third-order valence-corrected chi connectivity index (χ3v) is 1.98. The van der Waals surface area contributed by atoms with Crippen molar-refractivity contribution in [2.24, 2.45) is 10.2 Å². The smallest absolute Gasteiger partial charge is 0.292 e. The topological polar surface area (TPSA) is 53.8 Å². The Morgan fingerprint density at radius 1 is 1.21 bits per heavy atom. The largest absolute Gasteiger partial charge is 0.337 e. The Morgan fingerprint density at radius 2 is 2.00 bits per heavy atom.